The third kappa shape index (κ3) is 4.32. The average molecular weight is 331 g/mol. The minimum absolute atomic E-state index is 0.0823. The highest BCUT2D eigenvalue weighted by atomic mass is 19.1. The molecular weight excluding hydrogens is 309 g/mol. The van der Waals surface area contributed by atoms with Crippen LogP contribution in [0.4, 0.5) is 4.39 Å². The molecule has 0 aliphatic carbocycles. The van der Waals surface area contributed by atoms with Gasteiger partial charge in [0.05, 0.1) is 12.6 Å². The van der Waals surface area contributed by atoms with E-state index in [0.717, 1.165) is 11.1 Å². The van der Waals surface area contributed by atoms with Crippen molar-refractivity contribution in [3.05, 3.63) is 65.5 Å². The zero-order valence-electron chi connectivity index (χ0n) is 14.1. The van der Waals surface area contributed by atoms with Gasteiger partial charge in [-0.3, -0.25) is 4.79 Å². The Morgan fingerprint density at radius 3 is 2.50 bits per heavy atom. The number of halogens is 1. The van der Waals surface area contributed by atoms with Gasteiger partial charge in [0.15, 0.2) is 6.10 Å². The molecule has 0 aliphatic heterocycles. The van der Waals surface area contributed by atoms with Gasteiger partial charge in [-0.05, 0) is 49.2 Å². The van der Waals surface area contributed by atoms with E-state index in [1.54, 1.807) is 55.3 Å². The zero-order chi connectivity index (χ0) is 17.7. The van der Waals surface area contributed by atoms with E-state index in [-0.39, 0.29) is 24.4 Å². The first-order valence-electron chi connectivity index (χ1n) is 7.81. The number of benzene rings is 2. The number of rotatable bonds is 6. The number of aliphatic hydroxyl groups is 1. The maximum absolute atomic E-state index is 13.0. The highest BCUT2D eigenvalue weighted by molar-refractivity contribution is 5.81. The van der Waals surface area contributed by atoms with Crippen molar-refractivity contribution in [2.75, 3.05) is 7.05 Å². The van der Waals surface area contributed by atoms with Gasteiger partial charge in [-0.2, -0.15) is 0 Å². The number of likely N-dealkylation sites (N-methyl/N-ethyl adjacent to an activating group) is 1. The summed E-state index contributed by atoms with van der Waals surface area (Å²) in [6, 6.07) is 12.9. The minimum Gasteiger partial charge on any atom is -0.481 e. The van der Waals surface area contributed by atoms with Crippen molar-refractivity contribution in [1.29, 1.82) is 0 Å². The van der Waals surface area contributed by atoms with E-state index >= 15 is 0 Å². The third-order valence-corrected chi connectivity index (χ3v) is 4.02. The molecule has 0 bridgehead atoms. The van der Waals surface area contributed by atoms with Gasteiger partial charge in [0.2, 0.25) is 0 Å². The number of hydrogen-bond acceptors (Lipinski definition) is 3. The average Bonchev–Trinajstić information content (AvgIpc) is 2.60. The molecule has 0 saturated carbocycles. The van der Waals surface area contributed by atoms with E-state index in [2.05, 4.69) is 0 Å². The molecule has 1 N–H and O–H groups in total. The number of hydrogen-bond donors (Lipinski definition) is 1. The molecule has 0 saturated heterocycles. The monoisotopic (exact) mass is 331 g/mol. The van der Waals surface area contributed by atoms with Crippen molar-refractivity contribution in [1.82, 2.24) is 4.90 Å². The van der Waals surface area contributed by atoms with Crippen LogP contribution in [0.25, 0.3) is 0 Å². The van der Waals surface area contributed by atoms with Gasteiger partial charge in [0, 0.05) is 7.05 Å². The van der Waals surface area contributed by atoms with Gasteiger partial charge >= 0.3 is 0 Å². The molecule has 0 radical (unpaired) electrons. The first-order chi connectivity index (χ1) is 11.4. The Labute approximate surface area is 141 Å². The summed E-state index contributed by atoms with van der Waals surface area (Å²) in [5.74, 6) is 0.0480. The Hall–Kier alpha value is -2.40. The molecule has 0 heterocycles. The van der Waals surface area contributed by atoms with Crippen LogP contribution in [0.15, 0.2) is 48.5 Å². The summed E-state index contributed by atoms with van der Waals surface area (Å²) in [6.45, 7) is 3.48. The molecule has 0 aliphatic rings. The lowest BCUT2D eigenvalue weighted by Crippen LogP contribution is -2.39. The lowest BCUT2D eigenvalue weighted by Gasteiger charge is -2.28. The second-order valence-corrected chi connectivity index (χ2v) is 5.74. The lowest BCUT2D eigenvalue weighted by molar-refractivity contribution is -0.138. The minimum atomic E-state index is -0.674. The van der Waals surface area contributed by atoms with Gasteiger partial charge in [-0.1, -0.05) is 24.3 Å². The van der Waals surface area contributed by atoms with Gasteiger partial charge < -0.3 is 14.7 Å². The van der Waals surface area contributed by atoms with Crippen LogP contribution < -0.4 is 4.74 Å². The number of carbonyl (C=O) groups is 1. The van der Waals surface area contributed by atoms with E-state index < -0.39 is 6.10 Å². The summed E-state index contributed by atoms with van der Waals surface area (Å²) in [5.41, 5.74) is 1.57. The Morgan fingerprint density at radius 1 is 1.21 bits per heavy atom. The van der Waals surface area contributed by atoms with Crippen molar-refractivity contribution in [2.45, 2.75) is 32.6 Å². The Bertz CT molecular complexity index is 687. The van der Waals surface area contributed by atoms with Crippen LogP contribution in [0.5, 0.6) is 5.75 Å². The number of carbonyl (C=O) groups excluding carboxylic acids is 1. The van der Waals surface area contributed by atoms with Crippen molar-refractivity contribution >= 4 is 5.91 Å². The van der Waals surface area contributed by atoms with Gasteiger partial charge in [0.1, 0.15) is 11.6 Å². The molecule has 0 fully saturated rings. The van der Waals surface area contributed by atoms with Crippen LogP contribution in [-0.2, 0) is 11.4 Å². The molecule has 128 valence electrons. The summed E-state index contributed by atoms with van der Waals surface area (Å²) >= 11 is 0. The van der Waals surface area contributed by atoms with Crippen LogP contribution in [0.2, 0.25) is 0 Å². The fourth-order valence-electron chi connectivity index (χ4n) is 2.41. The molecule has 24 heavy (non-hydrogen) atoms. The topological polar surface area (TPSA) is 49.8 Å². The molecule has 2 unspecified atom stereocenters. The highest BCUT2D eigenvalue weighted by Gasteiger charge is 2.24. The molecule has 0 aromatic heterocycles. The molecule has 4 nitrogen and oxygen atoms in total. The van der Waals surface area contributed by atoms with Crippen molar-refractivity contribution in [3.63, 3.8) is 0 Å². The predicted molar refractivity (Wildman–Crippen MR) is 90.0 cm³/mol. The molecule has 2 atom stereocenters. The summed E-state index contributed by atoms with van der Waals surface area (Å²) in [5, 5.41) is 9.15. The van der Waals surface area contributed by atoms with Crippen LogP contribution in [0.3, 0.4) is 0 Å². The van der Waals surface area contributed by atoms with E-state index in [0.29, 0.717) is 5.75 Å². The second kappa shape index (κ2) is 7.93. The normalized spacial score (nSPS) is 13.2. The van der Waals surface area contributed by atoms with Gasteiger partial charge in [0.25, 0.3) is 5.91 Å². The molecule has 2 rings (SSSR count). The number of amides is 1. The first-order valence-corrected chi connectivity index (χ1v) is 7.81. The third-order valence-electron chi connectivity index (χ3n) is 4.02. The maximum atomic E-state index is 13.0. The SMILES string of the molecule is CC(Oc1cccc(CO)c1)C(=O)N(C)C(C)c1ccc(F)cc1. The van der Waals surface area contributed by atoms with Crippen LogP contribution >= 0.6 is 0 Å². The Kier molecular flexibility index (Phi) is 5.93. The Morgan fingerprint density at radius 2 is 1.88 bits per heavy atom. The first kappa shape index (κ1) is 17.9. The summed E-state index contributed by atoms with van der Waals surface area (Å²) in [4.78, 5) is 14.1. The van der Waals surface area contributed by atoms with Gasteiger partial charge in [-0.15, -0.1) is 0 Å². The molecule has 5 heteroatoms. The largest absolute Gasteiger partial charge is 0.481 e. The molecule has 2 aromatic carbocycles. The maximum Gasteiger partial charge on any atom is 0.263 e. The zero-order valence-corrected chi connectivity index (χ0v) is 14.1. The fraction of sp³-hybridized carbons (Fsp3) is 0.316. The molecular formula is C19H22FNO3. The number of aliphatic hydroxyl groups excluding tert-OH is 1. The van der Waals surface area contributed by atoms with E-state index in [4.69, 9.17) is 9.84 Å². The number of nitrogens with zero attached hydrogens (tertiary/aromatic N) is 1. The van der Waals surface area contributed by atoms with E-state index in [1.807, 2.05) is 6.92 Å². The van der Waals surface area contributed by atoms with Crippen molar-refractivity contribution in [3.8, 4) is 5.75 Å². The number of ether oxygens (including phenoxy) is 1. The smallest absolute Gasteiger partial charge is 0.263 e. The molecule has 2 aromatic rings. The van der Waals surface area contributed by atoms with E-state index in [9.17, 15) is 9.18 Å². The summed E-state index contributed by atoms with van der Waals surface area (Å²) < 4.78 is 18.7. The summed E-state index contributed by atoms with van der Waals surface area (Å²) in [6.07, 6.45) is -0.674. The standard InChI is InChI=1S/C19H22FNO3/c1-13(16-7-9-17(20)10-8-16)21(3)19(23)14(2)24-18-6-4-5-15(11-18)12-22/h4-11,13-14,22H,12H2,1-3H3. The van der Waals surface area contributed by atoms with Crippen molar-refractivity contribution in [2.24, 2.45) is 0 Å². The predicted octanol–water partition coefficient (Wildman–Crippen LogP) is 3.30. The fourth-order valence-corrected chi connectivity index (χ4v) is 2.41. The lowest BCUT2D eigenvalue weighted by atomic mass is 10.1. The summed E-state index contributed by atoms with van der Waals surface area (Å²) in [7, 11) is 1.69. The van der Waals surface area contributed by atoms with Gasteiger partial charge in [-0.25, -0.2) is 4.39 Å². The quantitative estimate of drug-likeness (QED) is 0.883. The van der Waals surface area contributed by atoms with Crippen LogP contribution in [0.1, 0.15) is 31.0 Å². The van der Waals surface area contributed by atoms with E-state index in [1.165, 1.54) is 12.1 Å². The molecule has 1 amide bonds. The highest BCUT2D eigenvalue weighted by Crippen LogP contribution is 2.21. The van der Waals surface area contributed by atoms with Crippen molar-refractivity contribution < 1.29 is 19.0 Å². The second-order valence-electron chi connectivity index (χ2n) is 5.74. The Balaban J connectivity index is 2.04. The molecule has 0 spiro atoms. The van der Waals surface area contributed by atoms with Crippen LogP contribution in [-0.4, -0.2) is 29.1 Å². The van der Waals surface area contributed by atoms with Crippen LogP contribution in [0, 0.1) is 5.82 Å².